The van der Waals surface area contributed by atoms with E-state index in [0.717, 1.165) is 11.3 Å². The van der Waals surface area contributed by atoms with Crippen LogP contribution in [0.4, 0.5) is 0 Å². The van der Waals surface area contributed by atoms with Gasteiger partial charge in [-0.05, 0) is 17.9 Å². The molecule has 2 aromatic heterocycles. The minimum atomic E-state index is -0.533. The molecule has 1 atom stereocenters. The average molecular weight is 337 g/mol. The Kier molecular flexibility index (Phi) is 4.92. The molecule has 124 valence electrons. The first-order chi connectivity index (χ1) is 11.2. The number of aromatic nitrogens is 2. The third-order valence-electron chi connectivity index (χ3n) is 3.82. The zero-order chi connectivity index (χ0) is 16.2. The average Bonchev–Trinajstić information content (AvgIpc) is 3.22. The first-order valence-electron chi connectivity index (χ1n) is 7.68. The van der Waals surface area contributed by atoms with Gasteiger partial charge in [0.25, 0.3) is 5.89 Å². The quantitative estimate of drug-likeness (QED) is 0.828. The molecular weight excluding hydrogens is 318 g/mol. The van der Waals surface area contributed by atoms with Gasteiger partial charge in [-0.1, -0.05) is 13.0 Å². The molecule has 0 radical (unpaired) electrons. The fourth-order valence-electron chi connectivity index (χ4n) is 2.50. The molecule has 3 rings (SSSR count). The number of carbonyl (C=O) groups is 1. The number of rotatable bonds is 5. The van der Waals surface area contributed by atoms with Crippen molar-refractivity contribution in [2.24, 2.45) is 0 Å². The van der Waals surface area contributed by atoms with Crippen LogP contribution in [0.1, 0.15) is 19.8 Å². The molecule has 8 heteroatoms. The Labute approximate surface area is 137 Å². The predicted molar refractivity (Wildman–Crippen MR) is 85.3 cm³/mol. The molecule has 0 bridgehead atoms. The number of hydrogen-bond acceptors (Lipinski definition) is 6. The summed E-state index contributed by atoms with van der Waals surface area (Å²) < 4.78 is 11.9. The molecule has 0 spiro atoms. The Morgan fingerprint density at radius 2 is 2.39 bits per heavy atom. The van der Waals surface area contributed by atoms with Crippen molar-refractivity contribution in [3.63, 3.8) is 0 Å². The van der Waals surface area contributed by atoms with Gasteiger partial charge in [0.2, 0.25) is 5.91 Å². The van der Waals surface area contributed by atoms with E-state index in [4.69, 9.17) is 9.15 Å². The van der Waals surface area contributed by atoms with Crippen LogP contribution in [0.25, 0.3) is 10.8 Å². The second kappa shape index (κ2) is 7.10. The number of amides is 1. The smallest absolute Gasteiger partial charge is 0.387 e. The van der Waals surface area contributed by atoms with Gasteiger partial charge in [-0.3, -0.25) is 4.79 Å². The Bertz CT molecular complexity index is 707. The minimum absolute atomic E-state index is 0.0133. The van der Waals surface area contributed by atoms with Gasteiger partial charge in [-0.25, -0.2) is 4.79 Å². The summed E-state index contributed by atoms with van der Waals surface area (Å²) in [6, 6.07) is 3.70. The van der Waals surface area contributed by atoms with Crippen LogP contribution in [0.15, 0.2) is 26.7 Å². The summed E-state index contributed by atoms with van der Waals surface area (Å²) in [4.78, 5) is 26.7. The largest absolute Gasteiger partial charge is 0.437 e. The zero-order valence-electron chi connectivity index (χ0n) is 12.9. The molecule has 7 nitrogen and oxygen atoms in total. The van der Waals surface area contributed by atoms with E-state index in [1.165, 1.54) is 16.0 Å². The number of thiophene rings is 1. The lowest BCUT2D eigenvalue weighted by molar-refractivity contribution is -0.139. The van der Waals surface area contributed by atoms with Gasteiger partial charge in [0.05, 0.1) is 24.1 Å². The topological polar surface area (TPSA) is 77.6 Å². The van der Waals surface area contributed by atoms with Crippen molar-refractivity contribution in [1.29, 1.82) is 0 Å². The molecule has 0 aliphatic carbocycles. The van der Waals surface area contributed by atoms with Gasteiger partial charge < -0.3 is 14.1 Å². The first kappa shape index (κ1) is 15.9. The van der Waals surface area contributed by atoms with Crippen LogP contribution < -0.4 is 5.76 Å². The molecule has 3 heterocycles. The lowest BCUT2D eigenvalue weighted by Gasteiger charge is -2.32. The van der Waals surface area contributed by atoms with Crippen molar-refractivity contribution in [3.05, 3.63) is 28.1 Å². The van der Waals surface area contributed by atoms with Gasteiger partial charge in [-0.15, -0.1) is 16.4 Å². The van der Waals surface area contributed by atoms with Gasteiger partial charge >= 0.3 is 5.76 Å². The molecule has 1 fully saturated rings. The molecule has 0 saturated carbocycles. The van der Waals surface area contributed by atoms with Crippen LogP contribution in [0.5, 0.6) is 0 Å². The summed E-state index contributed by atoms with van der Waals surface area (Å²) in [6.07, 6.45) is 1.22. The summed E-state index contributed by atoms with van der Waals surface area (Å²) in [7, 11) is 0. The zero-order valence-corrected chi connectivity index (χ0v) is 13.8. The molecule has 23 heavy (non-hydrogen) atoms. The molecular formula is C15H19N3O4S. The number of carbonyl (C=O) groups excluding carboxylic acids is 1. The summed E-state index contributed by atoms with van der Waals surface area (Å²) in [6.45, 7) is 4.05. The third kappa shape index (κ3) is 3.70. The number of morpholine rings is 1. The maximum absolute atomic E-state index is 12.3. The summed E-state index contributed by atoms with van der Waals surface area (Å²) in [5.41, 5.74) is 0. The molecule has 1 aliphatic rings. The van der Waals surface area contributed by atoms with E-state index in [-0.39, 0.29) is 25.0 Å². The molecule has 1 aliphatic heterocycles. The molecule has 1 amide bonds. The van der Waals surface area contributed by atoms with Crippen molar-refractivity contribution in [3.8, 4) is 10.8 Å². The Hall–Kier alpha value is -1.93. The Morgan fingerprint density at radius 1 is 1.52 bits per heavy atom. The van der Waals surface area contributed by atoms with E-state index in [0.29, 0.717) is 25.6 Å². The standard InChI is InChI=1S/C15H19N3O4S/c1-2-11-10-17(7-8-21-11)13(19)5-6-18-15(20)22-14(16-18)12-4-3-9-23-12/h3-4,9,11H,2,5-8,10H2,1H3/t11-/m1/s1. The maximum atomic E-state index is 12.3. The highest BCUT2D eigenvalue weighted by atomic mass is 32.1. The van der Waals surface area contributed by atoms with Gasteiger partial charge in [-0.2, -0.15) is 4.68 Å². The van der Waals surface area contributed by atoms with Crippen LogP contribution in [-0.2, 0) is 16.1 Å². The highest BCUT2D eigenvalue weighted by molar-refractivity contribution is 7.13. The van der Waals surface area contributed by atoms with E-state index in [1.807, 2.05) is 24.4 Å². The van der Waals surface area contributed by atoms with Crippen molar-refractivity contribution in [1.82, 2.24) is 14.7 Å². The fraction of sp³-hybridized carbons (Fsp3) is 0.533. The molecule has 0 N–H and O–H groups in total. The van der Waals surface area contributed by atoms with Crippen molar-refractivity contribution >= 4 is 17.2 Å². The summed E-state index contributed by atoms with van der Waals surface area (Å²) in [5.74, 6) is -0.219. The van der Waals surface area contributed by atoms with E-state index >= 15 is 0 Å². The van der Waals surface area contributed by atoms with Crippen LogP contribution in [0.2, 0.25) is 0 Å². The van der Waals surface area contributed by atoms with Crippen LogP contribution in [-0.4, -0.2) is 46.4 Å². The number of nitrogens with zero attached hydrogens (tertiary/aromatic N) is 3. The molecule has 0 aromatic carbocycles. The highest BCUT2D eigenvalue weighted by Gasteiger charge is 2.23. The Morgan fingerprint density at radius 3 is 3.13 bits per heavy atom. The van der Waals surface area contributed by atoms with E-state index in [1.54, 1.807) is 4.90 Å². The minimum Gasteiger partial charge on any atom is -0.387 e. The van der Waals surface area contributed by atoms with Gasteiger partial charge in [0, 0.05) is 19.5 Å². The number of aryl methyl sites for hydroxylation is 1. The maximum Gasteiger partial charge on any atom is 0.437 e. The monoisotopic (exact) mass is 337 g/mol. The van der Waals surface area contributed by atoms with Crippen LogP contribution in [0, 0.1) is 0 Å². The highest BCUT2D eigenvalue weighted by Crippen LogP contribution is 2.21. The van der Waals surface area contributed by atoms with Crippen LogP contribution >= 0.6 is 11.3 Å². The van der Waals surface area contributed by atoms with Crippen molar-refractivity contribution < 1.29 is 13.9 Å². The molecule has 0 unspecified atom stereocenters. The molecule has 2 aromatic rings. The predicted octanol–water partition coefficient (Wildman–Crippen LogP) is 1.59. The second-order valence-electron chi connectivity index (χ2n) is 5.36. The second-order valence-corrected chi connectivity index (χ2v) is 6.31. The first-order valence-corrected chi connectivity index (χ1v) is 8.56. The molecule has 1 saturated heterocycles. The van der Waals surface area contributed by atoms with E-state index < -0.39 is 5.76 Å². The van der Waals surface area contributed by atoms with Crippen LogP contribution in [0.3, 0.4) is 0 Å². The lowest BCUT2D eigenvalue weighted by atomic mass is 10.2. The lowest BCUT2D eigenvalue weighted by Crippen LogP contribution is -2.45. The SMILES string of the molecule is CC[C@@H]1CN(C(=O)CCn2nc(-c3cccs3)oc2=O)CCO1. The summed E-state index contributed by atoms with van der Waals surface area (Å²) >= 11 is 1.45. The normalized spacial score (nSPS) is 18.3. The third-order valence-corrected chi connectivity index (χ3v) is 4.68. The van der Waals surface area contributed by atoms with Gasteiger partial charge in [0.15, 0.2) is 0 Å². The van der Waals surface area contributed by atoms with Crippen molar-refractivity contribution in [2.45, 2.75) is 32.4 Å². The number of hydrogen-bond donors (Lipinski definition) is 0. The van der Waals surface area contributed by atoms with E-state index in [9.17, 15) is 9.59 Å². The van der Waals surface area contributed by atoms with Crippen molar-refractivity contribution in [2.75, 3.05) is 19.7 Å². The Balaban J connectivity index is 1.60. The summed E-state index contributed by atoms with van der Waals surface area (Å²) in [5, 5.41) is 6.04. The van der Waals surface area contributed by atoms with Gasteiger partial charge in [0.1, 0.15) is 0 Å². The number of ether oxygens (including phenoxy) is 1. The van der Waals surface area contributed by atoms with E-state index in [2.05, 4.69) is 5.10 Å². The fourth-order valence-corrected chi connectivity index (χ4v) is 3.14.